The molecule has 0 atom stereocenters. The molecule has 0 aliphatic carbocycles. The average Bonchev–Trinajstić information content (AvgIpc) is 2.67. The number of hydrogen-bond donors (Lipinski definition) is 2. The molecule has 2 aromatic rings. The fourth-order valence-electron chi connectivity index (χ4n) is 1.41. The van der Waals surface area contributed by atoms with Crippen molar-refractivity contribution in [3.8, 4) is 0 Å². The first-order valence-electron chi connectivity index (χ1n) is 4.95. The molecule has 0 fully saturated rings. The summed E-state index contributed by atoms with van der Waals surface area (Å²) in [6.45, 7) is 1.98. The lowest BCUT2D eigenvalue weighted by Gasteiger charge is -2.04. The number of aromatic amines is 1. The average molecular weight is 267 g/mol. The van der Waals surface area contributed by atoms with E-state index in [2.05, 4.69) is 4.98 Å². The van der Waals surface area contributed by atoms with Crippen LogP contribution in [0.4, 0.5) is 0 Å². The third kappa shape index (κ3) is 2.23. The van der Waals surface area contributed by atoms with Crippen LogP contribution in [0.5, 0.6) is 0 Å². The van der Waals surface area contributed by atoms with Gasteiger partial charge in [0, 0.05) is 11.1 Å². The molecule has 0 amide bonds. The van der Waals surface area contributed by atoms with E-state index in [-0.39, 0.29) is 6.54 Å². The number of H-pyrrole nitrogens is 1. The molecule has 0 aliphatic rings. The number of aromatic carboxylic acids is 1. The Bertz CT molecular complexity index is 712. The predicted octanol–water partition coefficient (Wildman–Crippen LogP) is 0.0480. The molecule has 2 rings (SSSR count). The van der Waals surface area contributed by atoms with Gasteiger partial charge in [0.15, 0.2) is 0 Å². The highest BCUT2D eigenvalue weighted by atomic mass is 32.1. The molecule has 18 heavy (non-hydrogen) atoms. The number of nitrogens with zero attached hydrogens (tertiary/aromatic N) is 2. The molecule has 2 N–H and O–H groups in total. The largest absolute Gasteiger partial charge is 0.477 e. The third-order valence-corrected chi connectivity index (χ3v) is 3.32. The van der Waals surface area contributed by atoms with Crippen molar-refractivity contribution in [3.05, 3.63) is 48.7 Å². The molecule has 8 heteroatoms. The first-order valence-corrected chi connectivity index (χ1v) is 5.83. The summed E-state index contributed by atoms with van der Waals surface area (Å²) in [6, 6.07) is 0. The predicted molar refractivity (Wildman–Crippen MR) is 64.2 cm³/mol. The first-order chi connectivity index (χ1) is 8.49. The Kier molecular flexibility index (Phi) is 3.11. The molecule has 0 saturated heterocycles. The van der Waals surface area contributed by atoms with Crippen molar-refractivity contribution in [2.24, 2.45) is 0 Å². The van der Waals surface area contributed by atoms with Crippen LogP contribution in [-0.4, -0.2) is 25.6 Å². The van der Waals surface area contributed by atoms with Gasteiger partial charge in [0.1, 0.15) is 5.56 Å². The van der Waals surface area contributed by atoms with Crippen LogP contribution in [0.2, 0.25) is 0 Å². The monoisotopic (exact) mass is 267 g/mol. The number of carbonyl (C=O) groups is 1. The van der Waals surface area contributed by atoms with Crippen molar-refractivity contribution < 1.29 is 9.90 Å². The Morgan fingerprint density at radius 1 is 1.56 bits per heavy atom. The molecular formula is C10H9N3O4S. The van der Waals surface area contributed by atoms with Crippen LogP contribution in [0.25, 0.3) is 0 Å². The van der Waals surface area contributed by atoms with Crippen molar-refractivity contribution >= 4 is 17.3 Å². The van der Waals surface area contributed by atoms with Gasteiger partial charge in [-0.1, -0.05) is 0 Å². The van der Waals surface area contributed by atoms with Gasteiger partial charge >= 0.3 is 11.7 Å². The normalized spacial score (nSPS) is 10.5. The fraction of sp³-hybridized carbons (Fsp3) is 0.200. The molecule has 0 unspecified atom stereocenters. The molecule has 0 bridgehead atoms. The summed E-state index contributed by atoms with van der Waals surface area (Å²) >= 11 is 1.36. The lowest BCUT2D eigenvalue weighted by Crippen LogP contribution is -2.33. The van der Waals surface area contributed by atoms with Crippen molar-refractivity contribution in [2.45, 2.75) is 13.5 Å². The fourth-order valence-corrected chi connectivity index (χ4v) is 2.19. The second kappa shape index (κ2) is 4.57. The van der Waals surface area contributed by atoms with Gasteiger partial charge in [-0.3, -0.25) is 14.3 Å². The second-order valence-corrected chi connectivity index (χ2v) is 4.54. The number of thiazole rings is 1. The van der Waals surface area contributed by atoms with Crippen LogP contribution in [0.3, 0.4) is 0 Å². The van der Waals surface area contributed by atoms with Crippen molar-refractivity contribution in [2.75, 3.05) is 0 Å². The molecule has 0 saturated carbocycles. The van der Waals surface area contributed by atoms with E-state index in [9.17, 15) is 14.4 Å². The number of carboxylic acids is 1. The minimum Gasteiger partial charge on any atom is -0.477 e. The van der Waals surface area contributed by atoms with Crippen LogP contribution < -0.4 is 11.2 Å². The van der Waals surface area contributed by atoms with Gasteiger partial charge in [0.25, 0.3) is 5.56 Å². The molecule has 0 aliphatic heterocycles. The van der Waals surface area contributed by atoms with Crippen LogP contribution in [0.1, 0.15) is 20.9 Å². The van der Waals surface area contributed by atoms with Crippen LogP contribution >= 0.6 is 11.3 Å². The SMILES string of the molecule is Cc1ncsc1Cn1cc(C(=O)O)c(=O)[nH]c1=O. The van der Waals surface area contributed by atoms with Gasteiger partial charge in [0.2, 0.25) is 0 Å². The standard InChI is InChI=1S/C10H9N3O4S/c1-5-7(18-4-11-5)3-13-2-6(9(15)16)8(14)12-10(13)17/h2,4H,3H2,1H3,(H,15,16)(H,12,14,17). The van der Waals surface area contributed by atoms with E-state index in [0.29, 0.717) is 0 Å². The molecule has 2 aromatic heterocycles. The van der Waals surface area contributed by atoms with Crippen LogP contribution in [-0.2, 0) is 6.54 Å². The summed E-state index contributed by atoms with van der Waals surface area (Å²) < 4.78 is 1.14. The molecule has 0 spiro atoms. The molecule has 94 valence electrons. The molecular weight excluding hydrogens is 258 g/mol. The number of hydrogen-bond acceptors (Lipinski definition) is 5. The van der Waals surface area contributed by atoms with Gasteiger partial charge in [-0.2, -0.15) is 0 Å². The van der Waals surface area contributed by atoms with Crippen molar-refractivity contribution in [3.63, 3.8) is 0 Å². The van der Waals surface area contributed by atoms with E-state index in [0.717, 1.165) is 21.3 Å². The van der Waals surface area contributed by atoms with E-state index < -0.39 is 22.8 Å². The van der Waals surface area contributed by atoms with Crippen LogP contribution in [0, 0.1) is 6.92 Å². The zero-order chi connectivity index (χ0) is 13.3. The maximum absolute atomic E-state index is 11.6. The zero-order valence-corrected chi connectivity index (χ0v) is 10.2. The van der Waals surface area contributed by atoms with Gasteiger partial charge in [0.05, 0.1) is 17.7 Å². The number of rotatable bonds is 3. The maximum Gasteiger partial charge on any atom is 0.342 e. The van der Waals surface area contributed by atoms with E-state index >= 15 is 0 Å². The summed E-state index contributed by atoms with van der Waals surface area (Å²) in [4.78, 5) is 40.4. The minimum atomic E-state index is -1.37. The summed E-state index contributed by atoms with van der Waals surface area (Å²) in [5.74, 6) is -1.37. The number of nitrogens with one attached hydrogen (secondary N) is 1. The maximum atomic E-state index is 11.6. The summed E-state index contributed by atoms with van der Waals surface area (Å²) in [5.41, 5.74) is 0.411. The molecule has 2 heterocycles. The quantitative estimate of drug-likeness (QED) is 0.817. The smallest absolute Gasteiger partial charge is 0.342 e. The summed E-state index contributed by atoms with van der Waals surface area (Å²) in [7, 11) is 0. The Morgan fingerprint density at radius 3 is 2.83 bits per heavy atom. The van der Waals surface area contributed by atoms with Crippen LogP contribution in [0.15, 0.2) is 21.3 Å². The highest BCUT2D eigenvalue weighted by Crippen LogP contribution is 2.12. The van der Waals surface area contributed by atoms with E-state index in [4.69, 9.17) is 5.11 Å². The minimum absolute atomic E-state index is 0.187. The zero-order valence-electron chi connectivity index (χ0n) is 9.34. The van der Waals surface area contributed by atoms with Crippen molar-refractivity contribution in [1.82, 2.24) is 14.5 Å². The number of aryl methyl sites for hydroxylation is 1. The highest BCUT2D eigenvalue weighted by molar-refractivity contribution is 7.09. The van der Waals surface area contributed by atoms with E-state index in [1.165, 1.54) is 11.3 Å². The Labute approximate surface area is 104 Å². The third-order valence-electron chi connectivity index (χ3n) is 2.40. The highest BCUT2D eigenvalue weighted by Gasteiger charge is 2.12. The molecule has 7 nitrogen and oxygen atoms in total. The molecule has 0 aromatic carbocycles. The van der Waals surface area contributed by atoms with E-state index in [1.807, 2.05) is 4.98 Å². The lowest BCUT2D eigenvalue weighted by molar-refractivity contribution is 0.0693. The number of aromatic nitrogens is 3. The second-order valence-electron chi connectivity index (χ2n) is 3.60. The summed E-state index contributed by atoms with van der Waals surface area (Å²) in [5, 5.41) is 8.82. The van der Waals surface area contributed by atoms with Gasteiger partial charge < -0.3 is 5.11 Å². The Balaban J connectivity index is 2.49. The van der Waals surface area contributed by atoms with Gasteiger partial charge in [-0.05, 0) is 6.92 Å². The Hall–Kier alpha value is -2.22. The number of carboxylic acid groups (broad SMARTS) is 1. The van der Waals surface area contributed by atoms with Gasteiger partial charge in [-0.25, -0.2) is 14.6 Å². The molecule has 0 radical (unpaired) electrons. The van der Waals surface area contributed by atoms with Crippen molar-refractivity contribution in [1.29, 1.82) is 0 Å². The lowest BCUT2D eigenvalue weighted by atomic mass is 10.3. The summed E-state index contributed by atoms with van der Waals surface area (Å²) in [6.07, 6.45) is 1.04. The van der Waals surface area contributed by atoms with Gasteiger partial charge in [-0.15, -0.1) is 11.3 Å². The Morgan fingerprint density at radius 2 is 2.28 bits per heavy atom. The van der Waals surface area contributed by atoms with E-state index in [1.54, 1.807) is 12.4 Å². The first kappa shape index (κ1) is 12.2. The topological polar surface area (TPSA) is 105 Å².